The van der Waals surface area contributed by atoms with Crippen molar-refractivity contribution in [3.05, 3.63) is 159 Å². The van der Waals surface area contributed by atoms with Crippen molar-refractivity contribution >= 4 is 55.0 Å². The predicted molar refractivity (Wildman–Crippen MR) is 172 cm³/mol. The number of ether oxygens (including phenoxy) is 1. The van der Waals surface area contributed by atoms with Gasteiger partial charge in [0, 0.05) is 5.56 Å². The number of hydrogen-bond acceptors (Lipinski definition) is 4. The Kier molecular flexibility index (Phi) is 7.30. The normalized spacial score (nSPS) is 16.0. The third-order valence-corrected chi connectivity index (χ3v) is 9.76. The van der Waals surface area contributed by atoms with Gasteiger partial charge in [0.25, 0.3) is 5.56 Å². The Morgan fingerprint density at radius 2 is 1.67 bits per heavy atom. The molecule has 5 aromatic rings. The molecule has 2 aliphatic rings. The van der Waals surface area contributed by atoms with Gasteiger partial charge in [-0.25, -0.2) is 9.38 Å². The van der Waals surface area contributed by atoms with Crippen LogP contribution >= 0.6 is 43.2 Å². The van der Waals surface area contributed by atoms with Gasteiger partial charge in [-0.05, 0) is 103 Å². The summed E-state index contributed by atoms with van der Waals surface area (Å²) < 4.78 is 23.9. The highest BCUT2D eigenvalue weighted by Crippen LogP contribution is 2.41. The second kappa shape index (κ2) is 11.2. The lowest BCUT2D eigenvalue weighted by Crippen LogP contribution is -2.38. The minimum Gasteiger partial charge on any atom is -0.487 e. The van der Waals surface area contributed by atoms with Gasteiger partial charge in [-0.15, -0.1) is 0 Å². The number of rotatable bonds is 5. The van der Waals surface area contributed by atoms with E-state index in [4.69, 9.17) is 9.73 Å². The van der Waals surface area contributed by atoms with Gasteiger partial charge in [-0.3, -0.25) is 9.36 Å². The zero-order valence-corrected chi connectivity index (χ0v) is 26.2. The molecule has 0 fully saturated rings. The third kappa shape index (κ3) is 5.02. The molecular formula is C34H23Br2FN2O2S. The number of nitrogens with zero attached hydrogens (tertiary/aromatic N) is 2. The second-order valence-electron chi connectivity index (χ2n) is 10.3. The lowest BCUT2D eigenvalue weighted by Gasteiger charge is -2.30. The maximum atomic E-state index is 14.0. The van der Waals surface area contributed by atoms with Gasteiger partial charge in [-0.1, -0.05) is 78.1 Å². The summed E-state index contributed by atoms with van der Waals surface area (Å²) in [5.41, 5.74) is 7.03. The van der Waals surface area contributed by atoms with E-state index < -0.39 is 0 Å². The molecule has 0 saturated heterocycles. The number of benzene rings is 4. The van der Waals surface area contributed by atoms with Gasteiger partial charge >= 0.3 is 0 Å². The standard InChI is InChI=1S/C34H23Br2FN2O2S/c35-27-16-21(17-28(36)32(27)41-19-20-6-2-1-3-7-20)18-29-33(40)39-31(23-10-13-24(37)14-11-23)26-15-12-22-8-4-5-9-25(22)30(26)38-34(39)42-29/h1-11,13-14,16-18,31H,12,15,19H2/b29-18-/t31-/m0/s1. The minimum absolute atomic E-state index is 0.116. The van der Waals surface area contributed by atoms with Crippen molar-refractivity contribution in [3.63, 3.8) is 0 Å². The monoisotopic (exact) mass is 700 g/mol. The van der Waals surface area contributed by atoms with Crippen molar-refractivity contribution in [2.45, 2.75) is 25.5 Å². The van der Waals surface area contributed by atoms with E-state index in [0.29, 0.717) is 21.7 Å². The molecule has 0 N–H and O–H groups in total. The number of hydrogen-bond donors (Lipinski definition) is 0. The summed E-state index contributed by atoms with van der Waals surface area (Å²) in [5.74, 6) is 0.391. The second-order valence-corrected chi connectivity index (χ2v) is 13.0. The number of aromatic nitrogens is 1. The van der Waals surface area contributed by atoms with Crippen molar-refractivity contribution in [2.75, 3.05) is 0 Å². The van der Waals surface area contributed by atoms with Crippen LogP contribution < -0.4 is 19.6 Å². The molecule has 4 aromatic carbocycles. The first-order valence-electron chi connectivity index (χ1n) is 13.5. The number of thiazole rings is 1. The Balaban J connectivity index is 1.33. The molecule has 0 radical (unpaired) electrons. The molecule has 208 valence electrons. The fourth-order valence-corrected chi connectivity index (χ4v) is 8.10. The summed E-state index contributed by atoms with van der Waals surface area (Å²) in [7, 11) is 0. The van der Waals surface area contributed by atoms with E-state index in [-0.39, 0.29) is 17.4 Å². The topological polar surface area (TPSA) is 43.6 Å². The minimum atomic E-state index is -0.348. The maximum absolute atomic E-state index is 14.0. The zero-order chi connectivity index (χ0) is 28.8. The van der Waals surface area contributed by atoms with Crippen LogP contribution in [0.15, 0.2) is 115 Å². The Hall–Kier alpha value is -3.59. The molecule has 0 amide bonds. The molecule has 1 aliphatic heterocycles. The molecule has 2 heterocycles. The average molecular weight is 702 g/mol. The number of fused-ring (bicyclic) bond motifs is 3. The zero-order valence-electron chi connectivity index (χ0n) is 22.2. The number of aryl methyl sites for hydroxylation is 1. The van der Waals surface area contributed by atoms with Gasteiger partial charge in [0.2, 0.25) is 0 Å². The van der Waals surface area contributed by atoms with Crippen molar-refractivity contribution in [2.24, 2.45) is 4.99 Å². The predicted octanol–water partition coefficient (Wildman–Crippen LogP) is 7.56. The summed E-state index contributed by atoms with van der Waals surface area (Å²) in [6.07, 6.45) is 3.54. The van der Waals surface area contributed by atoms with E-state index in [2.05, 4.69) is 44.0 Å². The lowest BCUT2D eigenvalue weighted by molar-refractivity contribution is 0.302. The Bertz CT molecular complexity index is 2030. The molecule has 7 rings (SSSR count). The molecular weight excluding hydrogens is 679 g/mol. The molecule has 1 aliphatic carbocycles. The van der Waals surface area contributed by atoms with Gasteiger partial charge in [0.05, 0.1) is 25.2 Å². The van der Waals surface area contributed by atoms with Crippen molar-refractivity contribution in [1.29, 1.82) is 0 Å². The van der Waals surface area contributed by atoms with Crippen LogP contribution in [-0.4, -0.2) is 4.57 Å². The van der Waals surface area contributed by atoms with Crippen LogP contribution in [0.3, 0.4) is 0 Å². The number of allylic oxidation sites excluding steroid dienone is 1. The molecule has 0 bridgehead atoms. The van der Waals surface area contributed by atoms with Gasteiger partial charge in [-0.2, -0.15) is 0 Å². The van der Waals surface area contributed by atoms with Crippen LogP contribution in [0.25, 0.3) is 11.8 Å². The van der Waals surface area contributed by atoms with E-state index in [1.165, 1.54) is 29.0 Å². The summed E-state index contributed by atoms with van der Waals surface area (Å²) >= 11 is 8.68. The van der Waals surface area contributed by atoms with E-state index in [1.54, 1.807) is 16.7 Å². The fraction of sp³-hybridized carbons (Fsp3) is 0.118. The molecule has 0 spiro atoms. The Morgan fingerprint density at radius 3 is 2.43 bits per heavy atom. The average Bonchev–Trinajstić information content (AvgIpc) is 3.30. The molecule has 8 heteroatoms. The summed E-state index contributed by atoms with van der Waals surface area (Å²) in [6, 6.07) is 28.3. The molecule has 0 unspecified atom stereocenters. The van der Waals surface area contributed by atoms with Gasteiger partial charge in [0.1, 0.15) is 18.2 Å². The van der Waals surface area contributed by atoms with Crippen LogP contribution in [0.4, 0.5) is 4.39 Å². The highest BCUT2D eigenvalue weighted by Gasteiger charge is 2.32. The van der Waals surface area contributed by atoms with Crippen LogP contribution in [0.5, 0.6) is 5.75 Å². The summed E-state index contributed by atoms with van der Waals surface area (Å²) in [4.78, 5) is 19.7. The lowest BCUT2D eigenvalue weighted by atomic mass is 9.83. The molecule has 42 heavy (non-hydrogen) atoms. The van der Waals surface area contributed by atoms with Crippen LogP contribution in [0, 0.1) is 5.82 Å². The number of halogens is 3. The fourth-order valence-electron chi connectivity index (χ4n) is 5.65. The smallest absolute Gasteiger partial charge is 0.271 e. The first-order chi connectivity index (χ1) is 20.5. The van der Waals surface area contributed by atoms with Crippen molar-refractivity contribution < 1.29 is 9.13 Å². The van der Waals surface area contributed by atoms with Crippen molar-refractivity contribution in [1.82, 2.24) is 4.57 Å². The van der Waals surface area contributed by atoms with Crippen LogP contribution in [0.1, 0.15) is 40.3 Å². The van der Waals surface area contributed by atoms with Gasteiger partial charge < -0.3 is 4.74 Å². The first-order valence-corrected chi connectivity index (χ1v) is 15.9. The third-order valence-electron chi connectivity index (χ3n) is 7.60. The first kappa shape index (κ1) is 27.3. The molecule has 1 atom stereocenters. The van der Waals surface area contributed by atoms with E-state index in [1.807, 2.05) is 60.7 Å². The summed E-state index contributed by atoms with van der Waals surface area (Å²) in [6.45, 7) is 0.438. The summed E-state index contributed by atoms with van der Waals surface area (Å²) in [5, 5.41) is 0. The van der Waals surface area contributed by atoms with E-state index in [9.17, 15) is 9.18 Å². The van der Waals surface area contributed by atoms with Crippen LogP contribution in [-0.2, 0) is 13.0 Å². The highest BCUT2D eigenvalue weighted by molar-refractivity contribution is 9.11. The Morgan fingerprint density at radius 1 is 0.952 bits per heavy atom. The highest BCUT2D eigenvalue weighted by atomic mass is 79.9. The van der Waals surface area contributed by atoms with Crippen LogP contribution in [0.2, 0.25) is 0 Å². The van der Waals surface area contributed by atoms with Gasteiger partial charge in [0.15, 0.2) is 4.80 Å². The van der Waals surface area contributed by atoms with E-state index in [0.717, 1.165) is 55.3 Å². The molecule has 1 aromatic heterocycles. The molecule has 0 saturated carbocycles. The largest absolute Gasteiger partial charge is 0.487 e. The quantitative estimate of drug-likeness (QED) is 0.190. The Labute approximate surface area is 262 Å². The molecule has 4 nitrogen and oxygen atoms in total. The van der Waals surface area contributed by atoms with Crippen molar-refractivity contribution in [3.8, 4) is 5.75 Å². The maximum Gasteiger partial charge on any atom is 0.271 e. The van der Waals surface area contributed by atoms with E-state index >= 15 is 0 Å². The SMILES string of the molecule is O=c1/c(=C/c2cc(Br)c(OCc3ccccc3)c(Br)c2)sc2n1[C@@H](c1ccc(F)cc1)C1=C(N=2)c2ccccc2CC1.